The van der Waals surface area contributed by atoms with E-state index in [0.29, 0.717) is 0 Å². The Morgan fingerprint density at radius 2 is 2.08 bits per heavy atom. The van der Waals surface area contributed by atoms with Crippen LogP contribution < -0.4 is 0 Å². The standard InChI is InChI=1S/C10H13NOS/c1-6-3-7(2)10(8(11)5-12)9(13)4-6/h3-4,11-13H,5H2,1-2H3. The maximum atomic E-state index is 8.85. The summed E-state index contributed by atoms with van der Waals surface area (Å²) in [6.07, 6.45) is 0. The number of thiol groups is 1. The molecule has 2 N–H and O–H groups in total. The van der Waals surface area contributed by atoms with Crippen LogP contribution >= 0.6 is 12.6 Å². The van der Waals surface area contributed by atoms with Crippen molar-refractivity contribution in [1.29, 1.82) is 5.41 Å². The normalized spacial score (nSPS) is 10.2. The molecule has 1 aromatic rings. The summed E-state index contributed by atoms with van der Waals surface area (Å²) in [5.74, 6) is 0. The third-order valence-corrected chi connectivity index (χ3v) is 2.27. The number of benzene rings is 1. The summed E-state index contributed by atoms with van der Waals surface area (Å²) in [6, 6.07) is 3.88. The van der Waals surface area contributed by atoms with Gasteiger partial charge in [0.15, 0.2) is 0 Å². The molecule has 0 saturated heterocycles. The number of rotatable bonds is 2. The molecule has 3 heteroatoms. The average Bonchev–Trinajstić information content (AvgIpc) is 2.02. The van der Waals surface area contributed by atoms with E-state index in [-0.39, 0.29) is 12.3 Å². The molecule has 0 aliphatic heterocycles. The fraction of sp³-hybridized carbons (Fsp3) is 0.300. The van der Waals surface area contributed by atoms with Gasteiger partial charge in [0, 0.05) is 10.5 Å². The second-order valence-corrected chi connectivity index (χ2v) is 3.59. The van der Waals surface area contributed by atoms with Crippen LogP contribution in [-0.4, -0.2) is 17.4 Å². The highest BCUT2D eigenvalue weighted by atomic mass is 32.1. The molecule has 0 atom stereocenters. The van der Waals surface area contributed by atoms with Crippen LogP contribution in [0.3, 0.4) is 0 Å². The SMILES string of the molecule is Cc1cc(C)c(C(=N)CO)c(S)c1. The fourth-order valence-corrected chi connectivity index (χ4v) is 1.93. The van der Waals surface area contributed by atoms with Crippen molar-refractivity contribution in [3.05, 3.63) is 28.8 Å². The minimum absolute atomic E-state index is 0.225. The Kier molecular flexibility index (Phi) is 3.12. The summed E-state index contributed by atoms with van der Waals surface area (Å²) < 4.78 is 0. The molecule has 0 bridgehead atoms. The van der Waals surface area contributed by atoms with E-state index in [1.807, 2.05) is 26.0 Å². The van der Waals surface area contributed by atoms with E-state index >= 15 is 0 Å². The predicted octanol–water partition coefficient (Wildman–Crippen LogP) is 1.95. The highest BCUT2D eigenvalue weighted by Gasteiger charge is 2.08. The lowest BCUT2D eigenvalue weighted by atomic mass is 10.0. The summed E-state index contributed by atoms with van der Waals surface area (Å²) >= 11 is 4.28. The molecular formula is C10H13NOS. The molecule has 0 spiro atoms. The van der Waals surface area contributed by atoms with E-state index in [2.05, 4.69) is 12.6 Å². The molecule has 0 saturated carbocycles. The largest absolute Gasteiger partial charge is 0.390 e. The van der Waals surface area contributed by atoms with Crippen molar-refractivity contribution >= 4 is 18.3 Å². The number of aryl methyl sites for hydroxylation is 2. The molecule has 0 amide bonds. The quantitative estimate of drug-likeness (QED) is 0.490. The highest BCUT2D eigenvalue weighted by molar-refractivity contribution is 7.80. The van der Waals surface area contributed by atoms with Crippen LogP contribution in [0.25, 0.3) is 0 Å². The molecule has 13 heavy (non-hydrogen) atoms. The summed E-state index contributed by atoms with van der Waals surface area (Å²) in [4.78, 5) is 0.761. The lowest BCUT2D eigenvalue weighted by Gasteiger charge is -2.09. The molecule has 0 aliphatic carbocycles. The molecule has 70 valence electrons. The Hall–Kier alpha value is -0.800. The van der Waals surface area contributed by atoms with Gasteiger partial charge in [-0.3, -0.25) is 0 Å². The third-order valence-electron chi connectivity index (χ3n) is 1.92. The monoisotopic (exact) mass is 195 g/mol. The van der Waals surface area contributed by atoms with Crippen LogP contribution in [0.4, 0.5) is 0 Å². The Bertz CT molecular complexity index is 324. The predicted molar refractivity (Wildman–Crippen MR) is 57.1 cm³/mol. The average molecular weight is 195 g/mol. The molecule has 1 rings (SSSR count). The molecule has 2 nitrogen and oxygen atoms in total. The van der Waals surface area contributed by atoms with E-state index in [1.54, 1.807) is 0 Å². The topological polar surface area (TPSA) is 44.1 Å². The van der Waals surface area contributed by atoms with Gasteiger partial charge in [0.2, 0.25) is 0 Å². The molecule has 0 radical (unpaired) electrons. The van der Waals surface area contributed by atoms with Crippen molar-refractivity contribution < 1.29 is 5.11 Å². The summed E-state index contributed by atoms with van der Waals surface area (Å²) in [5.41, 5.74) is 3.08. The van der Waals surface area contributed by atoms with Gasteiger partial charge in [-0.25, -0.2) is 0 Å². The molecule has 0 unspecified atom stereocenters. The third kappa shape index (κ3) is 2.11. The smallest absolute Gasteiger partial charge is 0.0852 e. The molecule has 1 aromatic carbocycles. The zero-order chi connectivity index (χ0) is 10.0. The van der Waals surface area contributed by atoms with Crippen molar-refractivity contribution in [2.75, 3.05) is 6.61 Å². The van der Waals surface area contributed by atoms with Gasteiger partial charge in [0.25, 0.3) is 0 Å². The molecular weight excluding hydrogens is 182 g/mol. The summed E-state index contributed by atoms with van der Waals surface area (Å²) in [6.45, 7) is 3.67. The molecule has 0 heterocycles. The van der Waals surface area contributed by atoms with Crippen molar-refractivity contribution in [1.82, 2.24) is 0 Å². The van der Waals surface area contributed by atoms with E-state index in [9.17, 15) is 0 Å². The van der Waals surface area contributed by atoms with Gasteiger partial charge in [-0.15, -0.1) is 12.6 Å². The Morgan fingerprint density at radius 1 is 1.46 bits per heavy atom. The van der Waals surface area contributed by atoms with Gasteiger partial charge in [-0.2, -0.15) is 0 Å². The maximum Gasteiger partial charge on any atom is 0.0852 e. The molecule has 0 fully saturated rings. The van der Waals surface area contributed by atoms with Gasteiger partial charge in [-0.1, -0.05) is 6.07 Å². The van der Waals surface area contributed by atoms with Crippen molar-refractivity contribution in [2.45, 2.75) is 18.7 Å². The van der Waals surface area contributed by atoms with Gasteiger partial charge in [-0.05, 0) is 31.0 Å². The minimum atomic E-state index is -0.239. The first-order valence-electron chi connectivity index (χ1n) is 4.05. The lowest BCUT2D eigenvalue weighted by Crippen LogP contribution is -2.08. The highest BCUT2D eigenvalue weighted by Crippen LogP contribution is 2.20. The van der Waals surface area contributed by atoms with Gasteiger partial charge >= 0.3 is 0 Å². The van der Waals surface area contributed by atoms with Gasteiger partial charge < -0.3 is 10.5 Å². The lowest BCUT2D eigenvalue weighted by molar-refractivity contribution is 0.357. The van der Waals surface area contributed by atoms with Gasteiger partial charge in [0.1, 0.15) is 0 Å². The van der Waals surface area contributed by atoms with E-state index in [1.165, 1.54) is 0 Å². The van der Waals surface area contributed by atoms with Crippen LogP contribution in [0.1, 0.15) is 16.7 Å². The zero-order valence-electron chi connectivity index (χ0n) is 7.76. The fourth-order valence-electron chi connectivity index (χ4n) is 1.42. The van der Waals surface area contributed by atoms with Crippen LogP contribution in [0, 0.1) is 19.3 Å². The van der Waals surface area contributed by atoms with Crippen LogP contribution in [-0.2, 0) is 0 Å². The van der Waals surface area contributed by atoms with Crippen molar-refractivity contribution in [2.24, 2.45) is 0 Å². The maximum absolute atomic E-state index is 8.85. The van der Waals surface area contributed by atoms with Crippen LogP contribution in [0.5, 0.6) is 0 Å². The van der Waals surface area contributed by atoms with E-state index in [4.69, 9.17) is 10.5 Å². The Morgan fingerprint density at radius 3 is 2.54 bits per heavy atom. The zero-order valence-corrected chi connectivity index (χ0v) is 8.65. The van der Waals surface area contributed by atoms with E-state index in [0.717, 1.165) is 21.6 Å². The Balaban J connectivity index is 3.28. The molecule has 0 aliphatic rings. The Labute approximate surface area is 83.5 Å². The number of aliphatic hydroxyl groups is 1. The van der Waals surface area contributed by atoms with Crippen LogP contribution in [0.2, 0.25) is 0 Å². The number of nitrogens with one attached hydrogen (secondary N) is 1. The number of hydrogen-bond donors (Lipinski definition) is 3. The first-order valence-corrected chi connectivity index (χ1v) is 4.50. The first kappa shape index (κ1) is 10.3. The summed E-state index contributed by atoms with van der Waals surface area (Å²) in [5, 5.41) is 16.4. The molecule has 0 aromatic heterocycles. The first-order chi connectivity index (χ1) is 6.06. The van der Waals surface area contributed by atoms with Gasteiger partial charge in [0.05, 0.1) is 12.3 Å². The van der Waals surface area contributed by atoms with Crippen molar-refractivity contribution in [3.63, 3.8) is 0 Å². The number of aliphatic hydroxyl groups excluding tert-OH is 1. The minimum Gasteiger partial charge on any atom is -0.390 e. The second-order valence-electron chi connectivity index (χ2n) is 3.11. The van der Waals surface area contributed by atoms with Crippen LogP contribution in [0.15, 0.2) is 17.0 Å². The van der Waals surface area contributed by atoms with E-state index < -0.39 is 0 Å². The second kappa shape index (κ2) is 3.94. The van der Waals surface area contributed by atoms with Crippen molar-refractivity contribution in [3.8, 4) is 0 Å². The summed E-state index contributed by atoms with van der Waals surface area (Å²) in [7, 11) is 0. The number of hydrogen-bond acceptors (Lipinski definition) is 3.